The molecule has 0 atom stereocenters. The molecule has 2 fully saturated rings. The van der Waals surface area contributed by atoms with E-state index in [0.717, 1.165) is 12.8 Å². The molecule has 0 spiro atoms. The largest absolute Gasteiger partial charge is 0.481 e. The Bertz CT molecular complexity index is 426. The first-order valence-corrected chi connectivity index (χ1v) is 7.46. The van der Waals surface area contributed by atoms with Crippen molar-refractivity contribution in [2.75, 3.05) is 19.6 Å². The molecule has 1 saturated heterocycles. The zero-order valence-corrected chi connectivity index (χ0v) is 12.4. The van der Waals surface area contributed by atoms with Crippen LogP contribution in [-0.4, -0.2) is 53.6 Å². The minimum absolute atomic E-state index is 0.0325. The van der Waals surface area contributed by atoms with E-state index in [9.17, 15) is 14.4 Å². The predicted molar refractivity (Wildman–Crippen MR) is 75.7 cm³/mol. The lowest BCUT2D eigenvalue weighted by Crippen LogP contribution is -2.49. The Morgan fingerprint density at radius 3 is 2.38 bits per heavy atom. The zero-order chi connectivity index (χ0) is 15.5. The Labute approximate surface area is 124 Å². The highest BCUT2D eigenvalue weighted by Gasteiger charge is 2.37. The second-order valence-corrected chi connectivity index (χ2v) is 6.18. The quantitative estimate of drug-likeness (QED) is 0.690. The van der Waals surface area contributed by atoms with Crippen molar-refractivity contribution in [3.05, 3.63) is 0 Å². The monoisotopic (exact) mass is 297 g/mol. The van der Waals surface area contributed by atoms with Crippen LogP contribution in [0.2, 0.25) is 0 Å². The molecule has 21 heavy (non-hydrogen) atoms. The van der Waals surface area contributed by atoms with Crippen molar-refractivity contribution in [2.45, 2.75) is 45.1 Å². The minimum atomic E-state index is -0.806. The standard InChI is InChI=1S/C14H23N3O4/c1-14(12(19)20)5-8-17(9-6-14)13(21)15-7-4-11(18)16-10-2-3-10/h10H,2-9H2,1H3,(H,15,21)(H,16,18)(H,19,20). The van der Waals surface area contributed by atoms with Gasteiger partial charge in [0.1, 0.15) is 0 Å². The van der Waals surface area contributed by atoms with Gasteiger partial charge in [-0.15, -0.1) is 0 Å². The molecule has 7 nitrogen and oxygen atoms in total. The van der Waals surface area contributed by atoms with Crippen molar-refractivity contribution >= 4 is 17.9 Å². The van der Waals surface area contributed by atoms with Gasteiger partial charge in [0.05, 0.1) is 5.41 Å². The van der Waals surface area contributed by atoms with E-state index >= 15 is 0 Å². The van der Waals surface area contributed by atoms with Gasteiger partial charge in [0.15, 0.2) is 0 Å². The number of aliphatic carboxylic acids is 1. The van der Waals surface area contributed by atoms with E-state index in [1.165, 1.54) is 0 Å². The molecule has 0 aromatic rings. The average Bonchev–Trinajstić information content (AvgIpc) is 3.23. The lowest BCUT2D eigenvalue weighted by molar-refractivity contribution is -0.150. The summed E-state index contributed by atoms with van der Waals surface area (Å²) in [7, 11) is 0. The van der Waals surface area contributed by atoms with Gasteiger partial charge in [-0.25, -0.2) is 4.79 Å². The zero-order valence-electron chi connectivity index (χ0n) is 12.4. The topological polar surface area (TPSA) is 98.7 Å². The van der Waals surface area contributed by atoms with Crippen molar-refractivity contribution in [1.29, 1.82) is 0 Å². The highest BCUT2D eigenvalue weighted by Crippen LogP contribution is 2.30. The molecule has 0 bridgehead atoms. The molecule has 1 aliphatic carbocycles. The SMILES string of the molecule is CC1(C(=O)O)CCN(C(=O)NCCC(=O)NC2CC2)CC1. The summed E-state index contributed by atoms with van der Waals surface area (Å²) in [5, 5.41) is 14.7. The first-order chi connectivity index (χ1) is 9.90. The first kappa shape index (κ1) is 15.6. The van der Waals surface area contributed by atoms with E-state index in [0.29, 0.717) is 38.5 Å². The Balaban J connectivity index is 1.65. The fourth-order valence-corrected chi connectivity index (χ4v) is 2.34. The van der Waals surface area contributed by atoms with Crippen LogP contribution in [0.4, 0.5) is 4.79 Å². The van der Waals surface area contributed by atoms with Gasteiger partial charge >= 0.3 is 12.0 Å². The third-order valence-corrected chi connectivity index (χ3v) is 4.24. The van der Waals surface area contributed by atoms with E-state index in [1.54, 1.807) is 11.8 Å². The number of hydrogen-bond acceptors (Lipinski definition) is 3. The van der Waals surface area contributed by atoms with Crippen molar-refractivity contribution in [1.82, 2.24) is 15.5 Å². The van der Waals surface area contributed by atoms with E-state index < -0.39 is 11.4 Å². The molecule has 0 unspecified atom stereocenters. The molecule has 118 valence electrons. The molecule has 2 rings (SSSR count). The molecular formula is C14H23N3O4. The molecule has 0 radical (unpaired) electrons. The molecule has 1 heterocycles. The number of carbonyl (C=O) groups is 3. The molecule has 1 aliphatic heterocycles. The molecule has 2 aliphatic rings. The van der Waals surface area contributed by atoms with Crippen molar-refractivity contribution in [2.24, 2.45) is 5.41 Å². The number of carbonyl (C=O) groups excluding carboxylic acids is 2. The van der Waals surface area contributed by atoms with Crippen LogP contribution in [-0.2, 0) is 9.59 Å². The number of urea groups is 1. The second-order valence-electron chi connectivity index (χ2n) is 6.18. The van der Waals surface area contributed by atoms with E-state index in [2.05, 4.69) is 10.6 Å². The van der Waals surface area contributed by atoms with Crippen LogP contribution in [0.3, 0.4) is 0 Å². The van der Waals surface area contributed by atoms with Crippen LogP contribution < -0.4 is 10.6 Å². The maximum atomic E-state index is 11.9. The summed E-state index contributed by atoms with van der Waals surface area (Å²) in [5.74, 6) is -0.839. The van der Waals surface area contributed by atoms with Crippen molar-refractivity contribution < 1.29 is 19.5 Å². The maximum Gasteiger partial charge on any atom is 0.317 e. The Hall–Kier alpha value is -1.79. The number of amides is 3. The van der Waals surface area contributed by atoms with Gasteiger partial charge in [-0.3, -0.25) is 9.59 Å². The number of carboxylic acid groups (broad SMARTS) is 1. The van der Waals surface area contributed by atoms with Crippen LogP contribution in [0.5, 0.6) is 0 Å². The molecule has 3 amide bonds. The fraction of sp³-hybridized carbons (Fsp3) is 0.786. The number of piperidine rings is 1. The maximum absolute atomic E-state index is 11.9. The van der Waals surface area contributed by atoms with Crippen LogP contribution in [0.15, 0.2) is 0 Å². The summed E-state index contributed by atoms with van der Waals surface area (Å²) in [6.07, 6.45) is 3.29. The average molecular weight is 297 g/mol. The summed E-state index contributed by atoms with van der Waals surface area (Å²) in [6.45, 7) is 2.89. The van der Waals surface area contributed by atoms with Crippen molar-refractivity contribution in [3.8, 4) is 0 Å². The molecule has 7 heteroatoms. The molecule has 1 saturated carbocycles. The number of nitrogens with one attached hydrogen (secondary N) is 2. The predicted octanol–water partition coefficient (Wildman–Crippen LogP) is 0.551. The Kier molecular flexibility index (Phi) is 4.69. The van der Waals surface area contributed by atoms with E-state index in [-0.39, 0.29) is 18.4 Å². The highest BCUT2D eigenvalue weighted by atomic mass is 16.4. The van der Waals surface area contributed by atoms with Gasteiger partial charge in [-0.2, -0.15) is 0 Å². The first-order valence-electron chi connectivity index (χ1n) is 7.46. The molecule has 3 N–H and O–H groups in total. The fourth-order valence-electron chi connectivity index (χ4n) is 2.34. The van der Waals surface area contributed by atoms with Crippen molar-refractivity contribution in [3.63, 3.8) is 0 Å². The number of carboxylic acids is 1. The summed E-state index contributed by atoms with van der Waals surface area (Å²) in [5.41, 5.74) is -0.735. The third kappa shape index (κ3) is 4.34. The summed E-state index contributed by atoms with van der Waals surface area (Å²) < 4.78 is 0. The number of nitrogens with zero attached hydrogens (tertiary/aromatic N) is 1. The van der Waals surface area contributed by atoms with Crippen LogP contribution in [0, 0.1) is 5.41 Å². The number of hydrogen-bond donors (Lipinski definition) is 3. The van der Waals surface area contributed by atoms with Crippen LogP contribution in [0.25, 0.3) is 0 Å². The number of rotatable bonds is 5. The Morgan fingerprint density at radius 2 is 1.86 bits per heavy atom. The minimum Gasteiger partial charge on any atom is -0.481 e. The second kappa shape index (κ2) is 6.32. The van der Waals surface area contributed by atoms with E-state index in [1.807, 2.05) is 0 Å². The van der Waals surface area contributed by atoms with E-state index in [4.69, 9.17) is 5.11 Å². The summed E-state index contributed by atoms with van der Waals surface area (Å²) in [6, 6.07) is 0.116. The molecule has 0 aromatic heterocycles. The van der Waals surface area contributed by atoms with Crippen LogP contribution >= 0.6 is 0 Å². The van der Waals surface area contributed by atoms with Gasteiger partial charge in [-0.1, -0.05) is 0 Å². The van der Waals surface area contributed by atoms with Gasteiger partial charge < -0.3 is 20.6 Å². The molecular weight excluding hydrogens is 274 g/mol. The van der Waals surface area contributed by atoms with Crippen LogP contribution in [0.1, 0.15) is 39.0 Å². The van der Waals surface area contributed by atoms with Gasteiger partial charge in [0, 0.05) is 32.1 Å². The third-order valence-electron chi connectivity index (χ3n) is 4.24. The normalized spacial score (nSPS) is 20.7. The number of likely N-dealkylation sites (tertiary alicyclic amines) is 1. The molecule has 0 aromatic carbocycles. The lowest BCUT2D eigenvalue weighted by Gasteiger charge is -2.36. The van der Waals surface area contributed by atoms with Gasteiger partial charge in [0.2, 0.25) is 5.91 Å². The van der Waals surface area contributed by atoms with Gasteiger partial charge in [0.25, 0.3) is 0 Å². The Morgan fingerprint density at radius 1 is 1.24 bits per heavy atom. The smallest absolute Gasteiger partial charge is 0.317 e. The van der Waals surface area contributed by atoms with Gasteiger partial charge in [-0.05, 0) is 32.6 Å². The highest BCUT2D eigenvalue weighted by molar-refractivity contribution is 5.79. The lowest BCUT2D eigenvalue weighted by atomic mass is 9.80. The summed E-state index contributed by atoms with van der Waals surface area (Å²) >= 11 is 0. The summed E-state index contributed by atoms with van der Waals surface area (Å²) in [4.78, 5) is 36.1.